The number of alkyl halides is 5. The third-order valence-corrected chi connectivity index (χ3v) is 10.1. The van der Waals surface area contributed by atoms with Gasteiger partial charge in [-0.05, 0) is 50.1 Å². The number of piperazine rings is 1. The molecule has 3 atom stereocenters. The van der Waals surface area contributed by atoms with E-state index < -0.39 is 36.2 Å². The summed E-state index contributed by atoms with van der Waals surface area (Å²) in [7, 11) is 0. The van der Waals surface area contributed by atoms with E-state index in [1.807, 2.05) is 26.0 Å². The van der Waals surface area contributed by atoms with Crippen LogP contribution in [-0.2, 0) is 17.5 Å². The molecular weight excluding hydrogens is 613 g/mol. The van der Waals surface area contributed by atoms with Crippen LogP contribution in [0.1, 0.15) is 55.8 Å². The Morgan fingerprint density at radius 3 is 2.49 bits per heavy atom. The number of anilines is 1. The van der Waals surface area contributed by atoms with Crippen LogP contribution in [0.5, 0.6) is 0 Å². The Labute approximate surface area is 260 Å². The van der Waals surface area contributed by atoms with Crippen molar-refractivity contribution in [3.05, 3.63) is 76.5 Å². The first-order valence-electron chi connectivity index (χ1n) is 14.8. The molecule has 45 heavy (non-hydrogen) atoms. The van der Waals surface area contributed by atoms with Crippen LogP contribution in [0.15, 0.2) is 58.9 Å². The number of benzene rings is 1. The van der Waals surface area contributed by atoms with Crippen molar-refractivity contribution in [2.45, 2.75) is 74.7 Å². The van der Waals surface area contributed by atoms with Gasteiger partial charge in [0.1, 0.15) is 5.82 Å². The quantitative estimate of drug-likeness (QED) is 0.238. The molecule has 1 saturated heterocycles. The number of pyridine rings is 1. The van der Waals surface area contributed by atoms with E-state index in [1.165, 1.54) is 28.5 Å². The Morgan fingerprint density at radius 1 is 1.16 bits per heavy atom. The highest BCUT2D eigenvalue weighted by molar-refractivity contribution is 7.99. The van der Waals surface area contributed by atoms with Gasteiger partial charge in [0.15, 0.2) is 0 Å². The van der Waals surface area contributed by atoms with E-state index in [9.17, 15) is 31.5 Å². The fraction of sp³-hybridized carbons (Fsp3) is 0.438. The monoisotopic (exact) mass is 645 g/mol. The van der Waals surface area contributed by atoms with Crippen LogP contribution in [0, 0.1) is 0 Å². The Morgan fingerprint density at radius 2 is 1.89 bits per heavy atom. The lowest BCUT2D eigenvalue weighted by Gasteiger charge is -2.44. The van der Waals surface area contributed by atoms with Gasteiger partial charge in [-0.25, -0.2) is 13.6 Å². The largest absolute Gasteiger partial charge is 0.417 e. The Kier molecular flexibility index (Phi) is 8.03. The zero-order valence-electron chi connectivity index (χ0n) is 24.8. The van der Waals surface area contributed by atoms with Crippen LogP contribution < -0.4 is 10.6 Å². The zero-order valence-corrected chi connectivity index (χ0v) is 25.6. The van der Waals surface area contributed by atoms with E-state index in [1.54, 1.807) is 22.1 Å². The minimum absolute atomic E-state index is 0.106. The summed E-state index contributed by atoms with van der Waals surface area (Å²) in [6, 6.07) is 5.72. The molecule has 1 aliphatic carbocycles. The third-order valence-electron chi connectivity index (χ3n) is 8.82. The summed E-state index contributed by atoms with van der Waals surface area (Å²) in [5.41, 5.74) is -0.529. The molecule has 1 fully saturated rings. The number of allylic oxidation sites excluding steroid dienone is 2. The van der Waals surface area contributed by atoms with Gasteiger partial charge in [-0.2, -0.15) is 18.2 Å². The predicted molar refractivity (Wildman–Crippen MR) is 164 cm³/mol. The van der Waals surface area contributed by atoms with Crippen molar-refractivity contribution in [2.75, 3.05) is 23.7 Å². The van der Waals surface area contributed by atoms with E-state index in [0.717, 1.165) is 6.07 Å². The van der Waals surface area contributed by atoms with Crippen LogP contribution in [0.3, 0.4) is 0 Å². The average molecular weight is 646 g/mol. The molecular formula is C32H32F5N5O2S. The highest BCUT2D eigenvalue weighted by atomic mass is 32.2. The molecule has 0 unspecified atom stereocenters. The fourth-order valence-corrected chi connectivity index (χ4v) is 8.18. The number of hydrogen-bond donors (Lipinski definition) is 0. The Bertz CT molecular complexity index is 1740. The molecule has 13 heteroatoms. The molecule has 1 amide bonds. The summed E-state index contributed by atoms with van der Waals surface area (Å²) < 4.78 is 74.6. The molecule has 7 nitrogen and oxygen atoms in total. The normalized spacial score (nSPS) is 23.4. The van der Waals surface area contributed by atoms with Gasteiger partial charge >= 0.3 is 11.9 Å². The maximum atomic E-state index is 15.0. The van der Waals surface area contributed by atoms with E-state index in [-0.39, 0.29) is 77.2 Å². The van der Waals surface area contributed by atoms with Gasteiger partial charge in [0.2, 0.25) is 5.91 Å². The molecule has 3 aliphatic rings. The summed E-state index contributed by atoms with van der Waals surface area (Å²) in [6.07, 6.45) is -2.21. The molecule has 2 aliphatic heterocycles. The summed E-state index contributed by atoms with van der Waals surface area (Å²) in [5, 5.41) is 0.152. The summed E-state index contributed by atoms with van der Waals surface area (Å²) in [5.74, 6) is -3.15. The van der Waals surface area contributed by atoms with Gasteiger partial charge in [0.25, 0.3) is 5.92 Å². The van der Waals surface area contributed by atoms with Crippen molar-refractivity contribution in [2.24, 2.45) is 0 Å². The van der Waals surface area contributed by atoms with Crippen molar-refractivity contribution in [1.82, 2.24) is 19.4 Å². The molecule has 0 bridgehead atoms. The predicted octanol–water partition coefficient (Wildman–Crippen LogP) is 6.51. The molecule has 0 saturated carbocycles. The van der Waals surface area contributed by atoms with Gasteiger partial charge in [-0.15, -0.1) is 11.8 Å². The van der Waals surface area contributed by atoms with E-state index in [2.05, 4.69) is 16.5 Å². The van der Waals surface area contributed by atoms with Crippen molar-refractivity contribution < 1.29 is 26.7 Å². The maximum absolute atomic E-state index is 15.0. The van der Waals surface area contributed by atoms with Crippen molar-refractivity contribution >= 4 is 40.0 Å². The summed E-state index contributed by atoms with van der Waals surface area (Å²) in [6.45, 7) is 7.82. The minimum atomic E-state index is -4.82. The number of halogens is 5. The minimum Gasteiger partial charge on any atom is -0.352 e. The molecule has 3 aromatic rings. The van der Waals surface area contributed by atoms with Crippen LogP contribution in [0.2, 0.25) is 0 Å². The number of rotatable bonds is 4. The maximum Gasteiger partial charge on any atom is 0.417 e. The highest BCUT2D eigenvalue weighted by Crippen LogP contribution is 2.50. The fourth-order valence-electron chi connectivity index (χ4n) is 6.80. The zero-order chi connectivity index (χ0) is 32.3. The van der Waals surface area contributed by atoms with E-state index in [0.29, 0.717) is 17.0 Å². The lowest BCUT2D eigenvalue weighted by atomic mass is 9.87. The van der Waals surface area contributed by atoms with E-state index >= 15 is 0 Å². The molecule has 0 N–H and O–H groups in total. The number of hydrogen-bond acceptors (Lipinski definition) is 6. The van der Waals surface area contributed by atoms with Gasteiger partial charge in [-0.1, -0.05) is 18.7 Å². The second-order valence-corrected chi connectivity index (χ2v) is 13.0. The molecule has 0 spiro atoms. The van der Waals surface area contributed by atoms with E-state index in [4.69, 9.17) is 0 Å². The standard InChI is InChI=1S/C32H32F5N5O2S/c1-4-25(43)42-18(2)14-40(15-19(42)3)29-22-13-23(32(35,36)37)26(20-8-10-31(33,34)11-9-20)28-27(22)41(30(44)39-29)16-21(17-45-28)24-7-5-6-12-38-24/h4-8,12-13,18-19,21H,1,9-11,14-17H2,2-3H3/t18-,19+,21-/m0/s1. The number of carbonyl (C=O) groups is 1. The molecule has 4 heterocycles. The van der Waals surface area contributed by atoms with Crippen LogP contribution in [-0.4, -0.2) is 62.2 Å². The molecule has 1 aromatic carbocycles. The first-order valence-corrected chi connectivity index (χ1v) is 15.8. The highest BCUT2D eigenvalue weighted by Gasteiger charge is 2.41. The molecule has 2 aromatic heterocycles. The lowest BCUT2D eigenvalue weighted by molar-refractivity contribution is -0.138. The summed E-state index contributed by atoms with van der Waals surface area (Å²) >= 11 is 1.19. The smallest absolute Gasteiger partial charge is 0.352 e. The van der Waals surface area contributed by atoms with Crippen molar-refractivity contribution in [3.8, 4) is 0 Å². The molecule has 0 radical (unpaired) electrons. The molecule has 6 rings (SSSR count). The number of aromatic nitrogens is 3. The van der Waals surface area contributed by atoms with Crippen LogP contribution in [0.4, 0.5) is 27.8 Å². The summed E-state index contributed by atoms with van der Waals surface area (Å²) in [4.78, 5) is 38.9. The average Bonchev–Trinajstić information content (AvgIpc) is 3.19. The van der Waals surface area contributed by atoms with Crippen LogP contribution >= 0.6 is 11.8 Å². The number of nitrogens with zero attached hydrogens (tertiary/aromatic N) is 5. The molecule has 238 valence electrons. The first kappa shape index (κ1) is 31.3. The van der Waals surface area contributed by atoms with Gasteiger partial charge in [0, 0.05) is 84.0 Å². The SMILES string of the molecule is C=CC(=O)N1[C@H](C)CN(c2nc(=O)n3c4c(c(C5=CCC(F)(F)CC5)c(C(F)(F)F)cc24)SC[C@@H](c2ccccn2)C3)C[C@@H]1C. The second kappa shape index (κ2) is 11.6. The third kappa shape index (κ3) is 5.75. The number of carbonyl (C=O) groups excluding carboxylic acids is 1. The van der Waals surface area contributed by atoms with Gasteiger partial charge < -0.3 is 9.80 Å². The van der Waals surface area contributed by atoms with Crippen LogP contribution in [0.25, 0.3) is 16.5 Å². The first-order chi connectivity index (χ1) is 21.3. The topological polar surface area (TPSA) is 71.3 Å². The van der Waals surface area contributed by atoms with Crippen molar-refractivity contribution in [1.29, 1.82) is 0 Å². The number of thioether (sulfide) groups is 1. The van der Waals surface area contributed by atoms with Gasteiger partial charge in [0.05, 0.1) is 11.1 Å². The Hall–Kier alpha value is -3.74. The lowest BCUT2D eigenvalue weighted by Crippen LogP contribution is -2.58. The Balaban J connectivity index is 1.60. The van der Waals surface area contributed by atoms with Gasteiger partial charge in [-0.3, -0.25) is 14.3 Å². The number of amides is 1. The van der Waals surface area contributed by atoms with Crippen molar-refractivity contribution in [3.63, 3.8) is 0 Å². The second-order valence-electron chi connectivity index (χ2n) is 12.0.